The van der Waals surface area contributed by atoms with E-state index in [1.165, 1.54) is 48.1 Å². The minimum atomic E-state index is -4.50. The van der Waals surface area contributed by atoms with Gasteiger partial charge in [0.1, 0.15) is 5.75 Å². The molecule has 0 radical (unpaired) electrons. The lowest BCUT2D eigenvalue weighted by molar-refractivity contribution is -0.137. The van der Waals surface area contributed by atoms with E-state index in [1.807, 2.05) is 6.07 Å². The lowest BCUT2D eigenvalue weighted by atomic mass is 10.2. The van der Waals surface area contributed by atoms with Gasteiger partial charge in [-0.1, -0.05) is 30.3 Å². The molecular weight excluding hydrogens is 545 g/mol. The standard InChI is InChI=1S/C28H27F3N4O4S/c1-19(2)35(40(37,38)24-15-13-23(39-3)14-16-24)18-26(36)33-27-32-25(20-7-5-4-6-8-20)17-34(27)22-11-9-21(10-12-22)28(29,30)31/h4-17,19H,18H2,1-3H3,(H,32,33,36). The van der Waals surface area contributed by atoms with E-state index in [-0.39, 0.29) is 10.8 Å². The molecule has 1 aromatic heterocycles. The highest BCUT2D eigenvalue weighted by molar-refractivity contribution is 7.89. The SMILES string of the molecule is COc1ccc(S(=O)(=O)N(CC(=O)Nc2nc(-c3ccccc3)cn2-c2ccc(C(F)(F)F)cc2)C(C)C)cc1. The van der Waals surface area contributed by atoms with Crippen molar-refractivity contribution in [3.63, 3.8) is 0 Å². The number of hydrogen-bond acceptors (Lipinski definition) is 5. The Kier molecular flexibility index (Phi) is 8.31. The summed E-state index contributed by atoms with van der Waals surface area (Å²) in [6, 6.07) is 18.7. The first-order valence-electron chi connectivity index (χ1n) is 12.2. The average molecular weight is 573 g/mol. The van der Waals surface area contributed by atoms with Crippen LogP contribution in [0.3, 0.4) is 0 Å². The number of imidazole rings is 1. The van der Waals surface area contributed by atoms with Crippen LogP contribution in [0, 0.1) is 0 Å². The molecule has 0 aliphatic carbocycles. The minimum Gasteiger partial charge on any atom is -0.497 e. The third-order valence-corrected chi connectivity index (χ3v) is 8.08. The average Bonchev–Trinajstić information content (AvgIpc) is 3.35. The third kappa shape index (κ3) is 6.35. The summed E-state index contributed by atoms with van der Waals surface area (Å²) in [5, 5.41) is 2.64. The van der Waals surface area contributed by atoms with Gasteiger partial charge in [-0.3, -0.25) is 14.7 Å². The lowest BCUT2D eigenvalue weighted by Crippen LogP contribution is -2.42. The molecule has 0 spiro atoms. The molecule has 0 unspecified atom stereocenters. The maximum atomic E-state index is 13.3. The van der Waals surface area contributed by atoms with Crippen molar-refractivity contribution in [3.8, 4) is 22.7 Å². The maximum Gasteiger partial charge on any atom is 0.416 e. The van der Waals surface area contributed by atoms with Crippen molar-refractivity contribution >= 4 is 21.9 Å². The molecule has 12 heteroatoms. The van der Waals surface area contributed by atoms with Crippen LogP contribution in [0.5, 0.6) is 5.75 Å². The number of nitrogens with one attached hydrogen (secondary N) is 1. The second-order valence-electron chi connectivity index (χ2n) is 9.10. The number of nitrogens with zero attached hydrogens (tertiary/aromatic N) is 3. The van der Waals surface area contributed by atoms with E-state index in [0.717, 1.165) is 22.0 Å². The van der Waals surface area contributed by atoms with Crippen molar-refractivity contribution in [2.75, 3.05) is 19.0 Å². The highest BCUT2D eigenvalue weighted by atomic mass is 32.2. The molecule has 0 atom stereocenters. The molecule has 4 rings (SSSR count). The predicted octanol–water partition coefficient (Wildman–Crippen LogP) is 5.60. The number of methoxy groups -OCH3 is 1. The van der Waals surface area contributed by atoms with E-state index in [9.17, 15) is 26.4 Å². The molecule has 8 nitrogen and oxygen atoms in total. The van der Waals surface area contributed by atoms with Gasteiger partial charge in [-0.05, 0) is 62.4 Å². The second kappa shape index (κ2) is 11.5. The van der Waals surface area contributed by atoms with Crippen LogP contribution < -0.4 is 10.1 Å². The van der Waals surface area contributed by atoms with Crippen molar-refractivity contribution in [2.24, 2.45) is 0 Å². The molecule has 4 aromatic rings. The van der Waals surface area contributed by atoms with Crippen LogP contribution in [0.25, 0.3) is 16.9 Å². The molecule has 1 heterocycles. The van der Waals surface area contributed by atoms with E-state index < -0.39 is 40.3 Å². The fraction of sp³-hybridized carbons (Fsp3) is 0.214. The molecule has 0 saturated carbocycles. The van der Waals surface area contributed by atoms with Gasteiger partial charge < -0.3 is 4.74 Å². The molecular formula is C28H27F3N4O4S. The van der Waals surface area contributed by atoms with Crippen molar-refractivity contribution in [1.29, 1.82) is 0 Å². The molecule has 1 amide bonds. The Bertz CT molecular complexity index is 1570. The Morgan fingerprint density at radius 3 is 2.17 bits per heavy atom. The highest BCUT2D eigenvalue weighted by Gasteiger charge is 2.31. The van der Waals surface area contributed by atoms with E-state index >= 15 is 0 Å². The minimum absolute atomic E-state index is 0.00702. The topological polar surface area (TPSA) is 93.5 Å². The number of benzene rings is 3. The van der Waals surface area contributed by atoms with Gasteiger partial charge in [0, 0.05) is 23.5 Å². The van der Waals surface area contributed by atoms with Crippen LogP contribution in [-0.4, -0.2) is 47.9 Å². The van der Waals surface area contributed by atoms with Gasteiger partial charge >= 0.3 is 6.18 Å². The first-order chi connectivity index (χ1) is 18.9. The van der Waals surface area contributed by atoms with Gasteiger partial charge in [-0.15, -0.1) is 0 Å². The number of carbonyl (C=O) groups excluding carboxylic acids is 1. The number of sulfonamides is 1. The van der Waals surface area contributed by atoms with Crippen LogP contribution >= 0.6 is 0 Å². The first-order valence-corrected chi connectivity index (χ1v) is 13.6. The highest BCUT2D eigenvalue weighted by Crippen LogP contribution is 2.31. The zero-order chi connectivity index (χ0) is 29.1. The van der Waals surface area contributed by atoms with E-state index in [4.69, 9.17) is 4.74 Å². The summed E-state index contributed by atoms with van der Waals surface area (Å²) in [5.41, 5.74) is 0.683. The Hall–Kier alpha value is -4.16. The monoisotopic (exact) mass is 572 g/mol. The number of aromatic nitrogens is 2. The molecule has 1 N–H and O–H groups in total. The number of rotatable bonds is 9. The van der Waals surface area contributed by atoms with Gasteiger partial charge in [-0.2, -0.15) is 17.5 Å². The maximum absolute atomic E-state index is 13.3. The summed E-state index contributed by atoms with van der Waals surface area (Å²) in [6.07, 6.45) is -2.92. The molecule has 0 aliphatic heterocycles. The smallest absolute Gasteiger partial charge is 0.416 e. The second-order valence-corrected chi connectivity index (χ2v) is 11.0. The summed E-state index contributed by atoms with van der Waals surface area (Å²) in [7, 11) is -2.58. The number of carbonyl (C=O) groups is 1. The lowest BCUT2D eigenvalue weighted by Gasteiger charge is -2.25. The summed E-state index contributed by atoms with van der Waals surface area (Å²) >= 11 is 0. The van der Waals surface area contributed by atoms with Gasteiger partial charge in [0.15, 0.2) is 0 Å². The molecule has 0 fully saturated rings. The molecule has 3 aromatic carbocycles. The summed E-state index contributed by atoms with van der Waals surface area (Å²) in [6.45, 7) is 2.77. The van der Waals surface area contributed by atoms with Crippen LogP contribution in [0.4, 0.5) is 19.1 Å². The first kappa shape index (κ1) is 28.8. The molecule has 210 valence electrons. The Morgan fingerprint density at radius 2 is 1.62 bits per heavy atom. The Labute approximate surface area is 230 Å². The molecule has 40 heavy (non-hydrogen) atoms. The summed E-state index contributed by atoms with van der Waals surface area (Å²) in [5.74, 6) is -0.171. The quantitative estimate of drug-likeness (QED) is 0.282. The van der Waals surface area contributed by atoms with Gasteiger partial charge in [0.2, 0.25) is 21.9 Å². The Morgan fingerprint density at radius 1 is 1.00 bits per heavy atom. The molecule has 0 aliphatic rings. The summed E-state index contributed by atoms with van der Waals surface area (Å²) in [4.78, 5) is 17.7. The van der Waals surface area contributed by atoms with Crippen LogP contribution in [-0.2, 0) is 21.0 Å². The normalized spacial score (nSPS) is 12.1. The van der Waals surface area contributed by atoms with Crippen molar-refractivity contribution in [2.45, 2.75) is 31.0 Å². The van der Waals surface area contributed by atoms with Crippen LogP contribution in [0.15, 0.2) is 90.0 Å². The fourth-order valence-electron chi connectivity index (χ4n) is 3.96. The number of amides is 1. The van der Waals surface area contributed by atoms with E-state index in [1.54, 1.807) is 44.3 Å². The Balaban J connectivity index is 1.65. The third-order valence-electron chi connectivity index (χ3n) is 6.04. The van der Waals surface area contributed by atoms with E-state index in [0.29, 0.717) is 17.1 Å². The number of hydrogen-bond donors (Lipinski definition) is 1. The van der Waals surface area contributed by atoms with Gasteiger partial charge in [0.05, 0.1) is 29.8 Å². The van der Waals surface area contributed by atoms with Crippen molar-refractivity contribution in [3.05, 3.63) is 90.6 Å². The van der Waals surface area contributed by atoms with E-state index in [2.05, 4.69) is 10.3 Å². The number of ether oxygens (including phenoxy) is 1. The molecule has 0 bridgehead atoms. The number of alkyl halides is 3. The van der Waals surface area contributed by atoms with Crippen molar-refractivity contribution < 1.29 is 31.1 Å². The predicted molar refractivity (Wildman–Crippen MR) is 145 cm³/mol. The number of halogens is 3. The zero-order valence-corrected chi connectivity index (χ0v) is 22.7. The van der Waals surface area contributed by atoms with Crippen LogP contribution in [0.2, 0.25) is 0 Å². The summed E-state index contributed by atoms with van der Waals surface area (Å²) < 4.78 is 73.6. The zero-order valence-electron chi connectivity index (χ0n) is 21.9. The van der Waals surface area contributed by atoms with Crippen LogP contribution in [0.1, 0.15) is 19.4 Å². The number of anilines is 1. The largest absolute Gasteiger partial charge is 0.497 e. The molecule has 0 saturated heterocycles. The van der Waals surface area contributed by atoms with Gasteiger partial charge in [-0.25, -0.2) is 13.4 Å². The fourth-order valence-corrected chi connectivity index (χ4v) is 5.55. The van der Waals surface area contributed by atoms with Gasteiger partial charge in [0.25, 0.3) is 0 Å². The van der Waals surface area contributed by atoms with Crippen molar-refractivity contribution in [1.82, 2.24) is 13.9 Å².